The minimum atomic E-state index is 0.0852. The van der Waals surface area contributed by atoms with Gasteiger partial charge in [-0.15, -0.1) is 0 Å². The molecule has 0 saturated carbocycles. The van der Waals surface area contributed by atoms with Crippen molar-refractivity contribution in [3.63, 3.8) is 0 Å². The van der Waals surface area contributed by atoms with Gasteiger partial charge in [-0.2, -0.15) is 4.98 Å². The lowest BCUT2D eigenvalue weighted by Gasteiger charge is -2.39. The van der Waals surface area contributed by atoms with E-state index in [2.05, 4.69) is 50.0 Å². The van der Waals surface area contributed by atoms with Crippen LogP contribution in [-0.4, -0.2) is 42.3 Å². The van der Waals surface area contributed by atoms with E-state index < -0.39 is 0 Å². The Balaban J connectivity index is 2.22. The molecule has 1 saturated heterocycles. The van der Waals surface area contributed by atoms with Crippen LogP contribution in [0.4, 0.5) is 5.95 Å². The van der Waals surface area contributed by atoms with Gasteiger partial charge in [0.25, 0.3) is 0 Å². The Bertz CT molecular complexity index is 410. The summed E-state index contributed by atoms with van der Waals surface area (Å²) in [6, 6.07) is 0. The molecule has 2 heterocycles. The first-order valence-corrected chi connectivity index (χ1v) is 6.38. The van der Waals surface area contributed by atoms with Gasteiger partial charge in [0.05, 0.1) is 17.8 Å². The van der Waals surface area contributed by atoms with E-state index in [0.29, 0.717) is 5.88 Å². The molecule has 0 unspecified atom stereocenters. The smallest absolute Gasteiger partial charge is 0.232 e. The summed E-state index contributed by atoms with van der Waals surface area (Å²) in [7, 11) is 1.61. The summed E-state index contributed by atoms with van der Waals surface area (Å²) in [4.78, 5) is 10.9. The van der Waals surface area contributed by atoms with Crippen LogP contribution in [0.3, 0.4) is 0 Å². The highest BCUT2D eigenvalue weighted by molar-refractivity contribution is 9.10. The van der Waals surface area contributed by atoms with Crippen molar-refractivity contribution in [1.82, 2.24) is 15.3 Å². The fourth-order valence-corrected chi connectivity index (χ4v) is 2.30. The largest absolute Gasteiger partial charge is 0.480 e. The average molecular weight is 301 g/mol. The molecule has 1 aromatic rings. The third-order valence-corrected chi connectivity index (χ3v) is 3.29. The normalized spacial score (nSPS) is 19.2. The number of aromatic nitrogens is 2. The molecule has 1 fully saturated rings. The van der Waals surface area contributed by atoms with E-state index in [0.717, 1.165) is 30.1 Å². The topological polar surface area (TPSA) is 50.3 Å². The number of ether oxygens (including phenoxy) is 1. The minimum Gasteiger partial charge on any atom is -0.480 e. The van der Waals surface area contributed by atoms with Gasteiger partial charge in [0, 0.05) is 25.2 Å². The van der Waals surface area contributed by atoms with Crippen LogP contribution >= 0.6 is 15.9 Å². The molecule has 0 bridgehead atoms. The second kappa shape index (κ2) is 4.78. The van der Waals surface area contributed by atoms with E-state index in [4.69, 9.17) is 4.74 Å². The molecule has 94 valence electrons. The minimum absolute atomic E-state index is 0.0852. The lowest BCUT2D eigenvalue weighted by atomic mass is 10.0. The Labute approximate surface area is 110 Å². The van der Waals surface area contributed by atoms with Crippen LogP contribution in [0.2, 0.25) is 0 Å². The van der Waals surface area contributed by atoms with Crippen molar-refractivity contribution in [2.24, 2.45) is 0 Å². The number of hydrogen-bond acceptors (Lipinski definition) is 5. The monoisotopic (exact) mass is 300 g/mol. The van der Waals surface area contributed by atoms with Crippen molar-refractivity contribution < 1.29 is 4.74 Å². The molecule has 0 radical (unpaired) electrons. The molecular weight excluding hydrogens is 284 g/mol. The van der Waals surface area contributed by atoms with Crippen LogP contribution in [0.15, 0.2) is 10.7 Å². The number of hydrogen-bond donors (Lipinski definition) is 1. The zero-order chi connectivity index (χ0) is 12.5. The summed E-state index contributed by atoms with van der Waals surface area (Å²) in [5.74, 6) is 1.30. The Morgan fingerprint density at radius 3 is 2.94 bits per heavy atom. The van der Waals surface area contributed by atoms with Gasteiger partial charge in [-0.1, -0.05) is 0 Å². The molecule has 0 amide bonds. The van der Waals surface area contributed by atoms with E-state index in [1.165, 1.54) is 0 Å². The molecule has 1 N–H and O–H groups in total. The quantitative estimate of drug-likeness (QED) is 0.895. The molecule has 0 aromatic carbocycles. The molecule has 5 nitrogen and oxygen atoms in total. The van der Waals surface area contributed by atoms with E-state index in [-0.39, 0.29) is 5.54 Å². The maximum Gasteiger partial charge on any atom is 0.232 e. The average Bonchev–Trinajstić information content (AvgIpc) is 2.28. The standard InChI is InChI=1S/C11H17BrN4O/c1-11(2)7-16(5-4-14-11)10-13-6-8(12)9(15-10)17-3/h6,14H,4-5,7H2,1-3H3. The molecule has 6 heteroatoms. The molecule has 17 heavy (non-hydrogen) atoms. The number of nitrogens with zero attached hydrogens (tertiary/aromatic N) is 3. The Morgan fingerprint density at radius 1 is 1.53 bits per heavy atom. The zero-order valence-corrected chi connectivity index (χ0v) is 11.9. The molecule has 2 rings (SSSR count). The zero-order valence-electron chi connectivity index (χ0n) is 10.3. The van der Waals surface area contributed by atoms with E-state index in [1.54, 1.807) is 13.3 Å². The number of piperazine rings is 1. The molecule has 1 aromatic heterocycles. The van der Waals surface area contributed by atoms with Crippen molar-refractivity contribution in [3.8, 4) is 5.88 Å². The van der Waals surface area contributed by atoms with Crippen molar-refractivity contribution in [2.75, 3.05) is 31.6 Å². The van der Waals surface area contributed by atoms with Crippen LogP contribution in [0, 0.1) is 0 Å². The van der Waals surface area contributed by atoms with Crippen LogP contribution in [0.1, 0.15) is 13.8 Å². The third kappa shape index (κ3) is 2.87. The number of halogens is 1. The first-order valence-electron chi connectivity index (χ1n) is 5.58. The highest BCUT2D eigenvalue weighted by Crippen LogP contribution is 2.24. The summed E-state index contributed by atoms with van der Waals surface area (Å²) >= 11 is 3.36. The van der Waals surface area contributed by atoms with Crippen molar-refractivity contribution in [3.05, 3.63) is 10.7 Å². The van der Waals surface area contributed by atoms with E-state index >= 15 is 0 Å². The first-order chi connectivity index (χ1) is 8.02. The van der Waals surface area contributed by atoms with Gasteiger partial charge < -0.3 is 15.0 Å². The fraction of sp³-hybridized carbons (Fsp3) is 0.636. The predicted molar refractivity (Wildman–Crippen MR) is 70.6 cm³/mol. The van der Waals surface area contributed by atoms with Gasteiger partial charge in [-0.05, 0) is 29.8 Å². The number of nitrogens with one attached hydrogen (secondary N) is 1. The number of methoxy groups -OCH3 is 1. The lowest BCUT2D eigenvalue weighted by molar-refractivity contribution is 0.347. The first kappa shape index (κ1) is 12.6. The van der Waals surface area contributed by atoms with Crippen molar-refractivity contribution in [2.45, 2.75) is 19.4 Å². The van der Waals surface area contributed by atoms with Crippen molar-refractivity contribution in [1.29, 1.82) is 0 Å². The second-order valence-corrected chi connectivity index (χ2v) is 5.61. The summed E-state index contributed by atoms with van der Waals surface area (Å²) in [6.45, 7) is 7.09. The number of anilines is 1. The Hall–Kier alpha value is -0.880. The van der Waals surface area contributed by atoms with Gasteiger partial charge >= 0.3 is 0 Å². The van der Waals surface area contributed by atoms with Gasteiger partial charge in [-0.3, -0.25) is 0 Å². The SMILES string of the molecule is COc1nc(N2CCNC(C)(C)C2)ncc1Br. The van der Waals surface area contributed by atoms with Crippen molar-refractivity contribution >= 4 is 21.9 Å². The molecule has 0 atom stereocenters. The maximum atomic E-state index is 5.19. The highest BCUT2D eigenvalue weighted by atomic mass is 79.9. The van der Waals surface area contributed by atoms with Crippen LogP contribution in [-0.2, 0) is 0 Å². The molecular formula is C11H17BrN4O. The molecule has 1 aliphatic heterocycles. The fourth-order valence-electron chi connectivity index (χ4n) is 1.95. The summed E-state index contributed by atoms with van der Waals surface area (Å²) in [5.41, 5.74) is 0.0852. The Kier molecular flexibility index (Phi) is 3.53. The van der Waals surface area contributed by atoms with E-state index in [1.807, 2.05) is 0 Å². The van der Waals surface area contributed by atoms with Gasteiger partial charge in [-0.25, -0.2) is 4.98 Å². The van der Waals surface area contributed by atoms with Gasteiger partial charge in [0.1, 0.15) is 0 Å². The number of rotatable bonds is 2. The molecule has 0 spiro atoms. The van der Waals surface area contributed by atoms with Gasteiger partial charge in [0.15, 0.2) is 0 Å². The van der Waals surface area contributed by atoms with Crippen LogP contribution in [0.25, 0.3) is 0 Å². The molecule has 1 aliphatic rings. The van der Waals surface area contributed by atoms with E-state index in [9.17, 15) is 0 Å². The van der Waals surface area contributed by atoms with Crippen LogP contribution in [0.5, 0.6) is 5.88 Å². The summed E-state index contributed by atoms with van der Waals surface area (Å²) in [6.07, 6.45) is 1.73. The molecule has 0 aliphatic carbocycles. The van der Waals surface area contributed by atoms with Gasteiger partial charge in [0.2, 0.25) is 11.8 Å². The second-order valence-electron chi connectivity index (χ2n) is 4.76. The summed E-state index contributed by atoms with van der Waals surface area (Å²) in [5, 5.41) is 3.46. The Morgan fingerprint density at radius 2 is 2.29 bits per heavy atom. The lowest BCUT2D eigenvalue weighted by Crippen LogP contribution is -2.57. The predicted octanol–water partition coefficient (Wildman–Crippen LogP) is 1.44. The maximum absolute atomic E-state index is 5.19. The third-order valence-electron chi connectivity index (χ3n) is 2.75. The highest BCUT2D eigenvalue weighted by Gasteiger charge is 2.27. The summed E-state index contributed by atoms with van der Waals surface area (Å²) < 4.78 is 5.96. The van der Waals surface area contributed by atoms with Crippen LogP contribution < -0.4 is 15.0 Å².